The van der Waals surface area contributed by atoms with Gasteiger partial charge in [0.2, 0.25) is 0 Å². The van der Waals surface area contributed by atoms with Gasteiger partial charge in [0.05, 0.1) is 11.6 Å². The fraction of sp³-hybridized carbons (Fsp3) is 0.786. The summed E-state index contributed by atoms with van der Waals surface area (Å²) in [6, 6.07) is -0.336. The first-order valence-electron chi connectivity index (χ1n) is 7.80. The van der Waals surface area contributed by atoms with E-state index in [-0.39, 0.29) is 12.1 Å². The summed E-state index contributed by atoms with van der Waals surface area (Å²) < 4.78 is 1.90. The van der Waals surface area contributed by atoms with E-state index in [9.17, 15) is 9.90 Å². The predicted molar refractivity (Wildman–Crippen MR) is 76.7 cm³/mol. The van der Waals surface area contributed by atoms with E-state index >= 15 is 0 Å². The van der Waals surface area contributed by atoms with Crippen LogP contribution < -0.4 is 10.6 Å². The van der Waals surface area contributed by atoms with E-state index in [1.807, 2.05) is 11.6 Å². The van der Waals surface area contributed by atoms with Crippen LogP contribution in [0.15, 0.2) is 0 Å². The summed E-state index contributed by atoms with van der Waals surface area (Å²) >= 11 is 0. The Balaban J connectivity index is 1.58. The zero-order valence-corrected chi connectivity index (χ0v) is 12.4. The van der Waals surface area contributed by atoms with Crippen LogP contribution in [0.25, 0.3) is 0 Å². The molecule has 1 fully saturated rings. The first kappa shape index (κ1) is 14.3. The maximum absolute atomic E-state index is 12.0. The van der Waals surface area contributed by atoms with Gasteiger partial charge in [0.25, 0.3) is 0 Å². The van der Waals surface area contributed by atoms with Crippen LogP contribution in [-0.4, -0.2) is 38.0 Å². The molecule has 21 heavy (non-hydrogen) atoms. The van der Waals surface area contributed by atoms with E-state index in [0.29, 0.717) is 6.54 Å². The van der Waals surface area contributed by atoms with E-state index in [1.165, 1.54) is 0 Å². The molecule has 116 valence electrons. The van der Waals surface area contributed by atoms with E-state index in [2.05, 4.69) is 20.7 Å². The van der Waals surface area contributed by atoms with Gasteiger partial charge in [-0.1, -0.05) is 6.92 Å². The van der Waals surface area contributed by atoms with Crippen molar-refractivity contribution in [2.45, 2.75) is 63.6 Å². The standard InChI is InChI=1S/C14H23N5O2/c1-2-11-17-12-10(5-3-8-19(12)18-11)16-13(20)15-9-14(21)6-4-7-14/h10,21H,2-9H2,1H3,(H2,15,16,20). The van der Waals surface area contributed by atoms with Gasteiger partial charge in [0.15, 0.2) is 5.82 Å². The molecule has 1 aromatic heterocycles. The number of hydrogen-bond acceptors (Lipinski definition) is 4. The van der Waals surface area contributed by atoms with Gasteiger partial charge in [-0.2, -0.15) is 5.10 Å². The van der Waals surface area contributed by atoms with Crippen LogP contribution in [0.1, 0.15) is 56.7 Å². The van der Waals surface area contributed by atoms with Crippen LogP contribution in [0.3, 0.4) is 0 Å². The molecule has 1 aliphatic carbocycles. The third-order valence-electron chi connectivity index (χ3n) is 4.40. The monoisotopic (exact) mass is 293 g/mol. The number of rotatable bonds is 4. The van der Waals surface area contributed by atoms with Gasteiger partial charge in [-0.05, 0) is 32.1 Å². The normalized spacial score (nSPS) is 23.0. The van der Waals surface area contributed by atoms with Gasteiger partial charge >= 0.3 is 6.03 Å². The number of carbonyl (C=O) groups is 1. The summed E-state index contributed by atoms with van der Waals surface area (Å²) in [4.78, 5) is 16.5. The number of fused-ring (bicyclic) bond motifs is 1. The molecule has 7 heteroatoms. The number of hydrogen-bond donors (Lipinski definition) is 3. The summed E-state index contributed by atoms with van der Waals surface area (Å²) in [5, 5.41) is 20.1. The lowest BCUT2D eigenvalue weighted by molar-refractivity contribution is -0.0290. The molecule has 0 bridgehead atoms. The Hall–Kier alpha value is -1.63. The molecule has 1 aliphatic heterocycles. The number of carbonyl (C=O) groups excluding carboxylic acids is 1. The van der Waals surface area contributed by atoms with Gasteiger partial charge in [0.1, 0.15) is 5.82 Å². The molecular weight excluding hydrogens is 270 g/mol. The summed E-state index contributed by atoms with van der Waals surface area (Å²) in [6.45, 7) is 3.20. The van der Waals surface area contributed by atoms with E-state index in [1.54, 1.807) is 0 Å². The summed E-state index contributed by atoms with van der Waals surface area (Å²) in [5.74, 6) is 1.67. The van der Waals surface area contributed by atoms with Gasteiger partial charge in [-0.15, -0.1) is 0 Å². The van der Waals surface area contributed by atoms with E-state index in [0.717, 1.165) is 56.7 Å². The first-order chi connectivity index (χ1) is 10.1. The Bertz CT molecular complexity index is 523. The molecule has 2 heterocycles. The number of urea groups is 1. The molecule has 0 spiro atoms. The molecule has 1 atom stereocenters. The lowest BCUT2D eigenvalue weighted by Crippen LogP contribution is -2.50. The maximum Gasteiger partial charge on any atom is 0.315 e. The molecule has 7 nitrogen and oxygen atoms in total. The largest absolute Gasteiger partial charge is 0.388 e. The molecule has 3 N–H and O–H groups in total. The lowest BCUT2D eigenvalue weighted by atomic mass is 9.80. The second-order valence-electron chi connectivity index (χ2n) is 6.06. The average Bonchev–Trinajstić information content (AvgIpc) is 2.87. The lowest BCUT2D eigenvalue weighted by Gasteiger charge is -2.36. The number of nitrogens with one attached hydrogen (secondary N) is 2. The quantitative estimate of drug-likeness (QED) is 0.768. The second-order valence-corrected chi connectivity index (χ2v) is 6.06. The Kier molecular flexibility index (Phi) is 3.84. The van der Waals surface area contributed by atoms with Crippen molar-refractivity contribution in [2.24, 2.45) is 0 Å². The van der Waals surface area contributed by atoms with Crippen LogP contribution in [-0.2, 0) is 13.0 Å². The third kappa shape index (κ3) is 3.02. The summed E-state index contributed by atoms with van der Waals surface area (Å²) in [6.07, 6.45) is 5.22. The van der Waals surface area contributed by atoms with E-state index in [4.69, 9.17) is 0 Å². The summed E-state index contributed by atoms with van der Waals surface area (Å²) in [7, 11) is 0. The Morgan fingerprint density at radius 3 is 2.95 bits per heavy atom. The minimum absolute atomic E-state index is 0.0948. The highest BCUT2D eigenvalue weighted by atomic mass is 16.3. The van der Waals surface area contributed by atoms with Crippen LogP contribution >= 0.6 is 0 Å². The number of nitrogens with zero attached hydrogens (tertiary/aromatic N) is 3. The molecule has 1 unspecified atom stereocenters. The fourth-order valence-electron chi connectivity index (χ4n) is 2.90. The minimum Gasteiger partial charge on any atom is -0.388 e. The van der Waals surface area contributed by atoms with Gasteiger partial charge in [-0.25, -0.2) is 14.5 Å². The number of amides is 2. The smallest absolute Gasteiger partial charge is 0.315 e. The van der Waals surface area contributed by atoms with Crippen LogP contribution in [0.5, 0.6) is 0 Å². The highest BCUT2D eigenvalue weighted by molar-refractivity contribution is 5.74. The minimum atomic E-state index is -0.695. The van der Waals surface area contributed by atoms with Crippen LogP contribution in [0.4, 0.5) is 4.79 Å². The van der Waals surface area contributed by atoms with Crippen molar-refractivity contribution >= 4 is 6.03 Å². The Morgan fingerprint density at radius 2 is 2.29 bits per heavy atom. The van der Waals surface area contributed by atoms with Crippen LogP contribution in [0.2, 0.25) is 0 Å². The molecule has 3 rings (SSSR count). The topological polar surface area (TPSA) is 92.1 Å². The van der Waals surface area contributed by atoms with Crippen molar-refractivity contribution in [3.63, 3.8) is 0 Å². The highest BCUT2D eigenvalue weighted by Crippen LogP contribution is 2.30. The number of aromatic nitrogens is 3. The molecule has 0 saturated heterocycles. The Morgan fingerprint density at radius 1 is 1.48 bits per heavy atom. The van der Waals surface area contributed by atoms with Crippen molar-refractivity contribution < 1.29 is 9.90 Å². The van der Waals surface area contributed by atoms with Gasteiger partial charge in [0, 0.05) is 19.5 Å². The van der Waals surface area contributed by atoms with Crippen molar-refractivity contribution in [1.82, 2.24) is 25.4 Å². The average molecular weight is 293 g/mol. The van der Waals surface area contributed by atoms with Crippen molar-refractivity contribution in [3.8, 4) is 0 Å². The first-order valence-corrected chi connectivity index (χ1v) is 7.80. The molecule has 2 amide bonds. The summed E-state index contributed by atoms with van der Waals surface area (Å²) in [5.41, 5.74) is -0.695. The molecule has 2 aliphatic rings. The zero-order valence-electron chi connectivity index (χ0n) is 12.4. The zero-order chi connectivity index (χ0) is 14.9. The fourth-order valence-corrected chi connectivity index (χ4v) is 2.90. The predicted octanol–water partition coefficient (Wildman–Crippen LogP) is 0.890. The van der Waals surface area contributed by atoms with Crippen molar-refractivity contribution in [2.75, 3.05) is 6.54 Å². The van der Waals surface area contributed by atoms with Crippen molar-refractivity contribution in [1.29, 1.82) is 0 Å². The molecule has 1 saturated carbocycles. The molecule has 1 aromatic rings. The number of aryl methyl sites for hydroxylation is 2. The van der Waals surface area contributed by atoms with Crippen molar-refractivity contribution in [3.05, 3.63) is 11.6 Å². The van der Waals surface area contributed by atoms with E-state index < -0.39 is 5.60 Å². The molecule has 0 aromatic carbocycles. The number of aliphatic hydroxyl groups is 1. The van der Waals surface area contributed by atoms with Crippen LogP contribution in [0, 0.1) is 0 Å². The Labute approximate surface area is 124 Å². The van der Waals surface area contributed by atoms with Gasteiger partial charge in [-0.3, -0.25) is 0 Å². The van der Waals surface area contributed by atoms with Gasteiger partial charge < -0.3 is 15.7 Å². The third-order valence-corrected chi connectivity index (χ3v) is 4.40. The SMILES string of the molecule is CCc1nc2n(n1)CCCC2NC(=O)NCC1(O)CCC1. The molecule has 0 radical (unpaired) electrons. The molecular formula is C14H23N5O2. The highest BCUT2D eigenvalue weighted by Gasteiger charge is 2.35. The second kappa shape index (κ2) is 5.63. The maximum atomic E-state index is 12.0.